The van der Waals surface area contributed by atoms with Crippen LogP contribution in [0.25, 0.3) is 0 Å². The minimum atomic E-state index is -0.401. The van der Waals surface area contributed by atoms with E-state index in [1.807, 2.05) is 13.8 Å². The minimum absolute atomic E-state index is 0.242. The summed E-state index contributed by atoms with van der Waals surface area (Å²) in [4.78, 5) is 25.1. The van der Waals surface area contributed by atoms with Crippen LogP contribution in [-0.4, -0.2) is 55.6 Å². The molecule has 1 atom stereocenters. The lowest BCUT2D eigenvalue weighted by molar-refractivity contribution is -0.121. The van der Waals surface area contributed by atoms with Crippen molar-refractivity contribution >= 4 is 11.9 Å². The smallest absolute Gasteiger partial charge is 0.321 e. The van der Waals surface area contributed by atoms with E-state index >= 15 is 0 Å². The van der Waals surface area contributed by atoms with Crippen LogP contribution < -0.4 is 16.0 Å². The maximum atomic E-state index is 11.7. The van der Waals surface area contributed by atoms with Gasteiger partial charge in [0.05, 0.1) is 6.54 Å². The van der Waals surface area contributed by atoms with Crippen molar-refractivity contribution in [2.45, 2.75) is 39.2 Å². The largest absolute Gasteiger partial charge is 0.338 e. The Balaban J connectivity index is 2.25. The molecule has 110 valence electrons. The molecule has 0 aromatic rings. The average molecular weight is 270 g/mol. The standard InChI is InChI=1S/C13H26N4O2/c1-3-7-15-13(19)16-12(18)10-17(4-2)9-11-6-5-8-14-11/h11,14H,3-10H2,1-2H3,(H2,15,16,18,19). The fourth-order valence-corrected chi connectivity index (χ4v) is 2.18. The number of amides is 3. The molecule has 1 unspecified atom stereocenters. The van der Waals surface area contributed by atoms with Crippen molar-refractivity contribution in [2.75, 3.05) is 32.7 Å². The molecule has 1 rings (SSSR count). The fourth-order valence-electron chi connectivity index (χ4n) is 2.18. The zero-order valence-corrected chi connectivity index (χ0v) is 12.0. The molecule has 1 fully saturated rings. The third-order valence-electron chi connectivity index (χ3n) is 3.24. The first kappa shape index (κ1) is 15.9. The van der Waals surface area contributed by atoms with E-state index in [0.717, 1.165) is 32.5 Å². The number of nitrogens with zero attached hydrogens (tertiary/aromatic N) is 1. The van der Waals surface area contributed by atoms with Gasteiger partial charge in [-0.3, -0.25) is 15.0 Å². The molecule has 1 heterocycles. The summed E-state index contributed by atoms with van der Waals surface area (Å²) in [5.41, 5.74) is 0. The van der Waals surface area contributed by atoms with Crippen molar-refractivity contribution in [3.8, 4) is 0 Å². The maximum absolute atomic E-state index is 11.7. The number of rotatable bonds is 7. The molecular weight excluding hydrogens is 244 g/mol. The predicted molar refractivity (Wildman–Crippen MR) is 75.0 cm³/mol. The first-order valence-corrected chi connectivity index (χ1v) is 7.19. The van der Waals surface area contributed by atoms with Gasteiger partial charge in [-0.25, -0.2) is 4.79 Å². The molecule has 3 amide bonds. The zero-order chi connectivity index (χ0) is 14.1. The van der Waals surface area contributed by atoms with Gasteiger partial charge < -0.3 is 10.6 Å². The van der Waals surface area contributed by atoms with Crippen LogP contribution in [0, 0.1) is 0 Å². The monoisotopic (exact) mass is 270 g/mol. The van der Waals surface area contributed by atoms with Gasteiger partial charge in [-0.15, -0.1) is 0 Å². The van der Waals surface area contributed by atoms with Crippen molar-refractivity contribution in [3.05, 3.63) is 0 Å². The molecule has 1 aliphatic rings. The zero-order valence-electron chi connectivity index (χ0n) is 12.0. The Labute approximate surface area is 115 Å². The summed E-state index contributed by atoms with van der Waals surface area (Å²) >= 11 is 0. The molecule has 1 saturated heterocycles. The van der Waals surface area contributed by atoms with E-state index in [4.69, 9.17) is 0 Å². The quantitative estimate of drug-likeness (QED) is 0.622. The normalized spacial score (nSPS) is 18.6. The van der Waals surface area contributed by atoms with Gasteiger partial charge in [0.2, 0.25) is 5.91 Å². The van der Waals surface area contributed by atoms with E-state index in [2.05, 4.69) is 20.9 Å². The molecule has 19 heavy (non-hydrogen) atoms. The van der Waals surface area contributed by atoms with Crippen LogP contribution >= 0.6 is 0 Å². The molecule has 0 saturated carbocycles. The number of nitrogens with one attached hydrogen (secondary N) is 3. The average Bonchev–Trinajstić information content (AvgIpc) is 2.88. The van der Waals surface area contributed by atoms with E-state index in [1.165, 1.54) is 6.42 Å². The molecule has 1 aliphatic heterocycles. The van der Waals surface area contributed by atoms with Crippen LogP contribution in [-0.2, 0) is 4.79 Å². The number of imide groups is 1. The van der Waals surface area contributed by atoms with E-state index in [0.29, 0.717) is 12.6 Å². The van der Waals surface area contributed by atoms with Gasteiger partial charge in [-0.05, 0) is 32.4 Å². The highest BCUT2D eigenvalue weighted by Crippen LogP contribution is 2.06. The Morgan fingerprint density at radius 3 is 2.74 bits per heavy atom. The van der Waals surface area contributed by atoms with Gasteiger partial charge in [-0.2, -0.15) is 0 Å². The second kappa shape index (κ2) is 8.87. The summed E-state index contributed by atoms with van der Waals surface area (Å²) in [6.07, 6.45) is 3.22. The summed E-state index contributed by atoms with van der Waals surface area (Å²) in [5, 5.41) is 8.39. The minimum Gasteiger partial charge on any atom is -0.338 e. The third-order valence-corrected chi connectivity index (χ3v) is 3.24. The summed E-state index contributed by atoms with van der Waals surface area (Å²) in [6, 6.07) is 0.0727. The maximum Gasteiger partial charge on any atom is 0.321 e. The second-order valence-electron chi connectivity index (χ2n) is 4.93. The molecule has 6 heteroatoms. The lowest BCUT2D eigenvalue weighted by Crippen LogP contribution is -2.47. The van der Waals surface area contributed by atoms with Gasteiger partial charge in [0.15, 0.2) is 0 Å². The van der Waals surface area contributed by atoms with E-state index in [9.17, 15) is 9.59 Å². The van der Waals surface area contributed by atoms with Crippen molar-refractivity contribution in [1.29, 1.82) is 0 Å². The van der Waals surface area contributed by atoms with E-state index < -0.39 is 6.03 Å². The number of hydrogen-bond acceptors (Lipinski definition) is 4. The molecule has 0 aromatic heterocycles. The molecule has 0 aliphatic carbocycles. The predicted octanol–water partition coefficient (Wildman–Crippen LogP) is 0.296. The first-order chi connectivity index (χ1) is 9.15. The number of likely N-dealkylation sites (N-methyl/N-ethyl adjacent to an activating group) is 1. The Hall–Kier alpha value is -1.14. The van der Waals surface area contributed by atoms with Gasteiger partial charge in [0.1, 0.15) is 0 Å². The molecule has 3 N–H and O–H groups in total. The first-order valence-electron chi connectivity index (χ1n) is 7.19. The Morgan fingerprint density at radius 2 is 2.16 bits per heavy atom. The Kier molecular flexibility index (Phi) is 7.43. The van der Waals surface area contributed by atoms with Crippen LogP contribution in [0.4, 0.5) is 4.79 Å². The van der Waals surface area contributed by atoms with Gasteiger partial charge in [0.25, 0.3) is 0 Å². The number of carbonyl (C=O) groups excluding carboxylic acids is 2. The third kappa shape index (κ3) is 6.54. The summed E-state index contributed by atoms with van der Waals surface area (Å²) in [7, 11) is 0. The highest BCUT2D eigenvalue weighted by molar-refractivity contribution is 5.95. The van der Waals surface area contributed by atoms with Crippen LogP contribution in [0.1, 0.15) is 33.1 Å². The highest BCUT2D eigenvalue weighted by atomic mass is 16.2. The van der Waals surface area contributed by atoms with Crippen molar-refractivity contribution in [2.24, 2.45) is 0 Å². The lowest BCUT2D eigenvalue weighted by atomic mass is 10.2. The van der Waals surface area contributed by atoms with Gasteiger partial charge in [0, 0.05) is 19.1 Å². The lowest BCUT2D eigenvalue weighted by Gasteiger charge is -2.23. The highest BCUT2D eigenvalue weighted by Gasteiger charge is 2.19. The number of carbonyl (C=O) groups is 2. The number of urea groups is 1. The van der Waals surface area contributed by atoms with Gasteiger partial charge in [-0.1, -0.05) is 13.8 Å². The molecule has 0 aromatic carbocycles. The summed E-state index contributed by atoms with van der Waals surface area (Å²) in [6.45, 7) is 7.59. The Morgan fingerprint density at radius 1 is 1.37 bits per heavy atom. The number of hydrogen-bond donors (Lipinski definition) is 3. The Bertz CT molecular complexity index is 290. The molecule has 6 nitrogen and oxygen atoms in total. The van der Waals surface area contributed by atoms with Crippen molar-refractivity contribution < 1.29 is 9.59 Å². The summed E-state index contributed by atoms with van der Waals surface area (Å²) in [5.74, 6) is -0.242. The van der Waals surface area contributed by atoms with Crippen LogP contribution in [0.3, 0.4) is 0 Å². The van der Waals surface area contributed by atoms with Crippen LogP contribution in [0.5, 0.6) is 0 Å². The van der Waals surface area contributed by atoms with Crippen molar-refractivity contribution in [3.63, 3.8) is 0 Å². The van der Waals surface area contributed by atoms with E-state index in [1.54, 1.807) is 0 Å². The molecule has 0 bridgehead atoms. The topological polar surface area (TPSA) is 73.5 Å². The SMILES string of the molecule is CCCNC(=O)NC(=O)CN(CC)CC1CCCN1. The van der Waals surface area contributed by atoms with Gasteiger partial charge >= 0.3 is 6.03 Å². The van der Waals surface area contributed by atoms with Crippen molar-refractivity contribution in [1.82, 2.24) is 20.9 Å². The molecule has 0 spiro atoms. The van der Waals surface area contributed by atoms with E-state index in [-0.39, 0.29) is 12.5 Å². The van der Waals surface area contributed by atoms with Crippen LogP contribution in [0.15, 0.2) is 0 Å². The summed E-state index contributed by atoms with van der Waals surface area (Å²) < 4.78 is 0. The fraction of sp³-hybridized carbons (Fsp3) is 0.846. The second-order valence-corrected chi connectivity index (χ2v) is 4.93. The molecular formula is C13H26N4O2. The molecule has 0 radical (unpaired) electrons. The van der Waals surface area contributed by atoms with Crippen LogP contribution in [0.2, 0.25) is 0 Å².